The average Bonchev–Trinajstić information content (AvgIpc) is 2.27. The lowest BCUT2D eigenvalue weighted by Crippen LogP contribution is -2.13. The van der Waals surface area contributed by atoms with Crippen molar-refractivity contribution >= 4 is 16.7 Å². The van der Waals surface area contributed by atoms with E-state index < -0.39 is 0 Å². The third-order valence-corrected chi connectivity index (χ3v) is 2.44. The van der Waals surface area contributed by atoms with Crippen molar-refractivity contribution in [1.82, 2.24) is 0 Å². The van der Waals surface area contributed by atoms with E-state index in [0.717, 1.165) is 16.3 Å². The molecular weight excluding hydrogens is 200 g/mol. The quantitative estimate of drug-likeness (QED) is 0.820. The first-order valence-corrected chi connectivity index (χ1v) is 4.91. The van der Waals surface area contributed by atoms with Gasteiger partial charge in [-0.05, 0) is 22.4 Å². The Labute approximate surface area is 93.1 Å². The second-order valence-electron chi connectivity index (χ2n) is 3.62. The molecule has 0 saturated carbocycles. The van der Waals surface area contributed by atoms with E-state index in [9.17, 15) is 4.79 Å². The Morgan fingerprint density at radius 3 is 2.81 bits per heavy atom. The lowest BCUT2D eigenvalue weighted by atomic mass is 10.0. The van der Waals surface area contributed by atoms with Crippen molar-refractivity contribution in [3.63, 3.8) is 0 Å². The molecule has 78 valence electrons. The topological polar surface area (TPSA) is 66.9 Å². The smallest absolute Gasteiger partial charge is 0.221 e. The lowest BCUT2D eigenvalue weighted by Gasteiger charge is -2.02. The Morgan fingerprint density at radius 1 is 1.31 bits per heavy atom. The van der Waals surface area contributed by atoms with Gasteiger partial charge in [-0.15, -0.1) is 0 Å². The standard InChI is InChI=1S/C13H10N2O/c14-8-11-3-1-2-10-6-9(7-13(15)16)4-5-12(10)11/h1-6H,7H2,(H2,15,16). The molecule has 0 aliphatic carbocycles. The second-order valence-corrected chi connectivity index (χ2v) is 3.62. The summed E-state index contributed by atoms with van der Waals surface area (Å²) in [5.74, 6) is -0.351. The molecule has 3 heteroatoms. The van der Waals surface area contributed by atoms with Gasteiger partial charge in [-0.25, -0.2) is 0 Å². The molecule has 0 spiro atoms. The zero-order chi connectivity index (χ0) is 11.5. The van der Waals surface area contributed by atoms with Crippen LogP contribution < -0.4 is 5.73 Å². The summed E-state index contributed by atoms with van der Waals surface area (Å²) < 4.78 is 0. The van der Waals surface area contributed by atoms with Gasteiger partial charge >= 0.3 is 0 Å². The Balaban J connectivity index is 2.56. The number of hydrogen-bond donors (Lipinski definition) is 1. The predicted octanol–water partition coefficient (Wildman–Crippen LogP) is 1.74. The number of nitrogens with zero attached hydrogens (tertiary/aromatic N) is 1. The van der Waals surface area contributed by atoms with Crippen LogP contribution in [0, 0.1) is 11.3 Å². The van der Waals surface area contributed by atoms with Gasteiger partial charge in [0.2, 0.25) is 5.91 Å². The Morgan fingerprint density at radius 2 is 2.12 bits per heavy atom. The largest absolute Gasteiger partial charge is 0.369 e. The number of carbonyl (C=O) groups excluding carboxylic acids is 1. The van der Waals surface area contributed by atoms with E-state index in [0.29, 0.717) is 5.56 Å². The Kier molecular flexibility index (Phi) is 2.57. The van der Waals surface area contributed by atoms with Crippen LogP contribution in [0.2, 0.25) is 0 Å². The summed E-state index contributed by atoms with van der Waals surface area (Å²) in [5.41, 5.74) is 6.65. The van der Waals surface area contributed by atoms with Gasteiger partial charge in [-0.2, -0.15) is 5.26 Å². The second kappa shape index (κ2) is 4.03. The molecule has 1 amide bonds. The van der Waals surface area contributed by atoms with Gasteiger partial charge in [-0.3, -0.25) is 4.79 Å². The van der Waals surface area contributed by atoms with Gasteiger partial charge in [0, 0.05) is 0 Å². The third kappa shape index (κ3) is 1.86. The van der Waals surface area contributed by atoms with E-state index in [1.807, 2.05) is 30.3 Å². The number of carbonyl (C=O) groups is 1. The normalized spacial score (nSPS) is 9.94. The molecule has 2 aromatic rings. The number of hydrogen-bond acceptors (Lipinski definition) is 2. The van der Waals surface area contributed by atoms with Crippen molar-refractivity contribution in [2.45, 2.75) is 6.42 Å². The van der Waals surface area contributed by atoms with Crippen LogP contribution in [-0.2, 0) is 11.2 Å². The number of fused-ring (bicyclic) bond motifs is 1. The molecular formula is C13H10N2O. The molecule has 3 nitrogen and oxygen atoms in total. The Bertz CT molecular complexity index is 596. The minimum absolute atomic E-state index is 0.229. The van der Waals surface area contributed by atoms with Crippen LogP contribution >= 0.6 is 0 Å². The molecule has 2 aromatic carbocycles. The summed E-state index contributed by atoms with van der Waals surface area (Å²) in [5, 5.41) is 10.8. The first-order chi connectivity index (χ1) is 7.70. The summed E-state index contributed by atoms with van der Waals surface area (Å²) in [7, 11) is 0. The molecule has 0 heterocycles. The van der Waals surface area contributed by atoms with Gasteiger partial charge in [0.1, 0.15) is 0 Å². The van der Waals surface area contributed by atoms with Crippen LogP contribution in [0.3, 0.4) is 0 Å². The number of nitriles is 1. The van der Waals surface area contributed by atoms with E-state index in [-0.39, 0.29) is 12.3 Å². The van der Waals surface area contributed by atoms with E-state index in [2.05, 4.69) is 6.07 Å². The number of benzene rings is 2. The van der Waals surface area contributed by atoms with Crippen LogP contribution in [0.5, 0.6) is 0 Å². The molecule has 0 fully saturated rings. The van der Waals surface area contributed by atoms with Crippen molar-refractivity contribution in [3.8, 4) is 6.07 Å². The number of nitrogens with two attached hydrogens (primary N) is 1. The van der Waals surface area contributed by atoms with Crippen molar-refractivity contribution in [2.24, 2.45) is 5.73 Å². The first kappa shape index (κ1) is 10.2. The molecule has 0 unspecified atom stereocenters. The highest BCUT2D eigenvalue weighted by molar-refractivity contribution is 5.89. The highest BCUT2D eigenvalue weighted by atomic mass is 16.1. The highest BCUT2D eigenvalue weighted by Gasteiger charge is 2.03. The summed E-state index contributed by atoms with van der Waals surface area (Å²) >= 11 is 0. The monoisotopic (exact) mass is 210 g/mol. The maximum atomic E-state index is 10.8. The maximum absolute atomic E-state index is 10.8. The van der Waals surface area contributed by atoms with Crippen molar-refractivity contribution in [2.75, 3.05) is 0 Å². The summed E-state index contributed by atoms with van der Waals surface area (Å²) in [6.45, 7) is 0. The molecule has 0 aliphatic rings. The number of rotatable bonds is 2. The summed E-state index contributed by atoms with van der Waals surface area (Å²) in [4.78, 5) is 10.8. The van der Waals surface area contributed by atoms with Crippen LogP contribution in [0.1, 0.15) is 11.1 Å². The van der Waals surface area contributed by atoms with Gasteiger partial charge in [0.25, 0.3) is 0 Å². The zero-order valence-corrected chi connectivity index (χ0v) is 8.60. The fourth-order valence-corrected chi connectivity index (χ4v) is 1.74. The maximum Gasteiger partial charge on any atom is 0.221 e. The van der Waals surface area contributed by atoms with Gasteiger partial charge in [0.05, 0.1) is 18.1 Å². The minimum Gasteiger partial charge on any atom is -0.369 e. The molecule has 2 rings (SSSR count). The van der Waals surface area contributed by atoms with Crippen LogP contribution in [0.4, 0.5) is 0 Å². The van der Waals surface area contributed by atoms with Crippen molar-refractivity contribution < 1.29 is 4.79 Å². The lowest BCUT2D eigenvalue weighted by molar-refractivity contribution is -0.117. The molecule has 16 heavy (non-hydrogen) atoms. The molecule has 0 saturated heterocycles. The fraction of sp³-hybridized carbons (Fsp3) is 0.0769. The van der Waals surface area contributed by atoms with Gasteiger partial charge < -0.3 is 5.73 Å². The van der Waals surface area contributed by atoms with Gasteiger partial charge in [0.15, 0.2) is 0 Å². The fourth-order valence-electron chi connectivity index (χ4n) is 1.74. The molecule has 0 aromatic heterocycles. The van der Waals surface area contributed by atoms with E-state index in [1.165, 1.54) is 0 Å². The van der Waals surface area contributed by atoms with Crippen LogP contribution in [0.15, 0.2) is 36.4 Å². The Hall–Kier alpha value is -2.34. The number of primary amides is 1. The first-order valence-electron chi connectivity index (χ1n) is 4.91. The highest BCUT2D eigenvalue weighted by Crippen LogP contribution is 2.19. The van der Waals surface area contributed by atoms with Crippen LogP contribution in [0.25, 0.3) is 10.8 Å². The molecule has 0 aliphatic heterocycles. The molecule has 0 atom stereocenters. The van der Waals surface area contributed by atoms with Crippen molar-refractivity contribution in [3.05, 3.63) is 47.5 Å². The molecule has 2 N–H and O–H groups in total. The number of amides is 1. The SMILES string of the molecule is N#Cc1cccc2cc(CC(N)=O)ccc12. The minimum atomic E-state index is -0.351. The molecule has 0 bridgehead atoms. The average molecular weight is 210 g/mol. The third-order valence-electron chi connectivity index (χ3n) is 2.44. The zero-order valence-electron chi connectivity index (χ0n) is 8.60. The van der Waals surface area contributed by atoms with Crippen molar-refractivity contribution in [1.29, 1.82) is 5.26 Å². The summed E-state index contributed by atoms with van der Waals surface area (Å²) in [6, 6.07) is 13.2. The van der Waals surface area contributed by atoms with E-state index in [4.69, 9.17) is 11.0 Å². The predicted molar refractivity (Wildman–Crippen MR) is 61.6 cm³/mol. The van der Waals surface area contributed by atoms with E-state index in [1.54, 1.807) is 6.07 Å². The van der Waals surface area contributed by atoms with Crippen LogP contribution in [-0.4, -0.2) is 5.91 Å². The summed E-state index contributed by atoms with van der Waals surface area (Å²) in [6.07, 6.45) is 0.229. The molecule has 0 radical (unpaired) electrons. The van der Waals surface area contributed by atoms with E-state index >= 15 is 0 Å². The van der Waals surface area contributed by atoms with Gasteiger partial charge in [-0.1, -0.05) is 30.3 Å².